The molecule has 1 aliphatic carbocycles. The van der Waals surface area contributed by atoms with Gasteiger partial charge in [-0.05, 0) is 38.1 Å². The van der Waals surface area contributed by atoms with Crippen LogP contribution in [0.25, 0.3) is 0 Å². The Hall–Kier alpha value is -0.570. The molecule has 1 saturated carbocycles. The van der Waals surface area contributed by atoms with E-state index < -0.39 is 0 Å². The van der Waals surface area contributed by atoms with Crippen molar-refractivity contribution in [1.82, 2.24) is 5.32 Å². The van der Waals surface area contributed by atoms with Crippen molar-refractivity contribution in [3.05, 3.63) is 0 Å². The van der Waals surface area contributed by atoms with Gasteiger partial charge in [0.25, 0.3) is 0 Å². The zero-order chi connectivity index (χ0) is 13.5. The zero-order valence-corrected chi connectivity index (χ0v) is 12.2. The quantitative estimate of drug-likeness (QED) is 0.765. The summed E-state index contributed by atoms with van der Waals surface area (Å²) in [7, 11) is 0. The Bertz CT molecular complexity index is 251. The summed E-state index contributed by atoms with van der Waals surface area (Å²) in [4.78, 5) is 12.3. The molecule has 18 heavy (non-hydrogen) atoms. The minimum absolute atomic E-state index is 0.153. The Morgan fingerprint density at radius 1 is 1.28 bits per heavy atom. The first-order valence-electron chi connectivity index (χ1n) is 7.64. The highest BCUT2D eigenvalue weighted by Crippen LogP contribution is 2.29. The van der Waals surface area contributed by atoms with E-state index in [4.69, 9.17) is 5.73 Å². The van der Waals surface area contributed by atoms with Crippen LogP contribution in [0.3, 0.4) is 0 Å². The molecule has 1 aliphatic rings. The average molecular weight is 254 g/mol. The summed E-state index contributed by atoms with van der Waals surface area (Å²) in [5.41, 5.74) is 5.79. The summed E-state index contributed by atoms with van der Waals surface area (Å²) >= 11 is 0. The highest BCUT2D eigenvalue weighted by Gasteiger charge is 2.31. The van der Waals surface area contributed by atoms with Crippen LogP contribution < -0.4 is 11.1 Å². The van der Waals surface area contributed by atoms with Crippen LogP contribution in [-0.2, 0) is 4.79 Å². The minimum Gasteiger partial charge on any atom is -0.353 e. The van der Waals surface area contributed by atoms with Gasteiger partial charge < -0.3 is 11.1 Å². The number of amides is 1. The molecule has 0 aromatic heterocycles. The van der Waals surface area contributed by atoms with Gasteiger partial charge in [-0.2, -0.15) is 0 Å². The highest BCUT2D eigenvalue weighted by atomic mass is 16.2. The minimum atomic E-state index is 0.153. The fraction of sp³-hybridized carbons (Fsp3) is 0.933. The topological polar surface area (TPSA) is 55.1 Å². The number of carbonyl (C=O) groups excluding carboxylic acids is 1. The van der Waals surface area contributed by atoms with Crippen molar-refractivity contribution in [3.8, 4) is 0 Å². The SMILES string of the molecule is CCC(CC)C(C)NC(=O)C1CCCCC1CN. The van der Waals surface area contributed by atoms with Crippen LogP contribution in [0.1, 0.15) is 59.3 Å². The number of hydrogen-bond donors (Lipinski definition) is 2. The van der Waals surface area contributed by atoms with Crippen LogP contribution in [0.15, 0.2) is 0 Å². The van der Waals surface area contributed by atoms with E-state index in [1.54, 1.807) is 0 Å². The van der Waals surface area contributed by atoms with Crippen LogP contribution in [0.4, 0.5) is 0 Å². The molecule has 3 heteroatoms. The first-order chi connectivity index (χ1) is 8.63. The Kier molecular flexibility index (Phi) is 6.69. The molecule has 0 aromatic carbocycles. The highest BCUT2D eigenvalue weighted by molar-refractivity contribution is 5.79. The number of nitrogens with two attached hydrogens (primary N) is 1. The van der Waals surface area contributed by atoms with E-state index in [-0.39, 0.29) is 17.9 Å². The number of carbonyl (C=O) groups is 1. The molecule has 1 amide bonds. The van der Waals surface area contributed by atoms with E-state index in [0.29, 0.717) is 18.4 Å². The third kappa shape index (κ3) is 3.98. The fourth-order valence-electron chi connectivity index (χ4n) is 3.28. The third-order valence-corrected chi connectivity index (χ3v) is 4.67. The lowest BCUT2D eigenvalue weighted by Crippen LogP contribution is -2.45. The van der Waals surface area contributed by atoms with Crippen molar-refractivity contribution in [1.29, 1.82) is 0 Å². The van der Waals surface area contributed by atoms with Gasteiger partial charge in [-0.15, -0.1) is 0 Å². The predicted molar refractivity (Wildman–Crippen MR) is 76.2 cm³/mol. The monoisotopic (exact) mass is 254 g/mol. The molecule has 0 bridgehead atoms. The van der Waals surface area contributed by atoms with Crippen LogP contribution in [0, 0.1) is 17.8 Å². The number of hydrogen-bond acceptors (Lipinski definition) is 2. The average Bonchev–Trinajstić information content (AvgIpc) is 2.40. The molecule has 3 N–H and O–H groups in total. The standard InChI is InChI=1S/C15H30N2O/c1-4-12(5-2)11(3)17-15(18)14-9-7-6-8-13(14)10-16/h11-14H,4-10,16H2,1-3H3,(H,17,18). The maximum absolute atomic E-state index is 12.3. The Labute approximate surface area is 112 Å². The zero-order valence-electron chi connectivity index (χ0n) is 12.2. The predicted octanol–water partition coefficient (Wildman–Crippen LogP) is 2.69. The molecule has 3 atom stereocenters. The van der Waals surface area contributed by atoms with Gasteiger partial charge in [-0.3, -0.25) is 4.79 Å². The largest absolute Gasteiger partial charge is 0.353 e. The van der Waals surface area contributed by atoms with E-state index in [1.807, 2.05) is 0 Å². The molecule has 1 rings (SSSR count). The molecular weight excluding hydrogens is 224 g/mol. The van der Waals surface area contributed by atoms with Crippen LogP contribution in [0.2, 0.25) is 0 Å². The van der Waals surface area contributed by atoms with Crippen molar-refractivity contribution in [2.75, 3.05) is 6.54 Å². The summed E-state index contributed by atoms with van der Waals surface area (Å²) in [6.07, 6.45) is 6.80. The van der Waals surface area contributed by atoms with Gasteiger partial charge in [-0.1, -0.05) is 39.5 Å². The molecule has 106 valence electrons. The van der Waals surface area contributed by atoms with Crippen LogP contribution in [-0.4, -0.2) is 18.5 Å². The second-order valence-electron chi connectivity index (χ2n) is 5.76. The van der Waals surface area contributed by atoms with Crippen molar-refractivity contribution in [3.63, 3.8) is 0 Å². The molecule has 0 aromatic rings. The number of nitrogens with one attached hydrogen (secondary N) is 1. The van der Waals surface area contributed by atoms with Gasteiger partial charge >= 0.3 is 0 Å². The smallest absolute Gasteiger partial charge is 0.223 e. The lowest BCUT2D eigenvalue weighted by Gasteiger charge is -2.32. The lowest BCUT2D eigenvalue weighted by atomic mass is 9.78. The van der Waals surface area contributed by atoms with Gasteiger partial charge in [0, 0.05) is 12.0 Å². The first kappa shape index (κ1) is 15.5. The van der Waals surface area contributed by atoms with E-state index in [9.17, 15) is 4.79 Å². The first-order valence-corrected chi connectivity index (χ1v) is 7.64. The van der Waals surface area contributed by atoms with Crippen molar-refractivity contribution >= 4 is 5.91 Å². The van der Waals surface area contributed by atoms with E-state index >= 15 is 0 Å². The maximum atomic E-state index is 12.3. The Balaban J connectivity index is 2.52. The van der Waals surface area contributed by atoms with Gasteiger partial charge in [0.15, 0.2) is 0 Å². The van der Waals surface area contributed by atoms with E-state index in [2.05, 4.69) is 26.1 Å². The Morgan fingerprint density at radius 3 is 2.44 bits per heavy atom. The maximum Gasteiger partial charge on any atom is 0.223 e. The van der Waals surface area contributed by atoms with Gasteiger partial charge in [0.2, 0.25) is 5.91 Å². The van der Waals surface area contributed by atoms with Crippen LogP contribution >= 0.6 is 0 Å². The summed E-state index contributed by atoms with van der Waals surface area (Å²) < 4.78 is 0. The third-order valence-electron chi connectivity index (χ3n) is 4.67. The second kappa shape index (κ2) is 7.78. The normalized spacial score (nSPS) is 26.1. The fourth-order valence-corrected chi connectivity index (χ4v) is 3.28. The summed E-state index contributed by atoms with van der Waals surface area (Å²) in [5, 5.41) is 3.22. The second-order valence-corrected chi connectivity index (χ2v) is 5.76. The molecule has 0 heterocycles. The summed E-state index contributed by atoms with van der Waals surface area (Å²) in [6, 6.07) is 0.285. The molecule has 0 radical (unpaired) electrons. The summed E-state index contributed by atoms with van der Waals surface area (Å²) in [5.74, 6) is 1.38. The molecule has 3 unspecified atom stereocenters. The van der Waals surface area contributed by atoms with Gasteiger partial charge in [0.1, 0.15) is 0 Å². The number of rotatable bonds is 6. The van der Waals surface area contributed by atoms with Gasteiger partial charge in [-0.25, -0.2) is 0 Å². The van der Waals surface area contributed by atoms with Crippen LogP contribution in [0.5, 0.6) is 0 Å². The molecule has 0 spiro atoms. The van der Waals surface area contributed by atoms with E-state index in [0.717, 1.165) is 25.7 Å². The lowest BCUT2D eigenvalue weighted by molar-refractivity contribution is -0.128. The van der Waals surface area contributed by atoms with Gasteiger partial charge in [0.05, 0.1) is 0 Å². The molecule has 1 fully saturated rings. The van der Waals surface area contributed by atoms with E-state index in [1.165, 1.54) is 12.8 Å². The molecule has 3 nitrogen and oxygen atoms in total. The van der Waals surface area contributed by atoms with Crippen molar-refractivity contribution < 1.29 is 4.79 Å². The van der Waals surface area contributed by atoms with Crippen molar-refractivity contribution in [2.45, 2.75) is 65.3 Å². The molecule has 0 aliphatic heterocycles. The summed E-state index contributed by atoms with van der Waals surface area (Å²) in [6.45, 7) is 7.17. The Morgan fingerprint density at radius 2 is 1.89 bits per heavy atom. The molecule has 0 saturated heterocycles. The molecular formula is C15H30N2O. The van der Waals surface area contributed by atoms with Crippen molar-refractivity contribution in [2.24, 2.45) is 23.5 Å².